The third kappa shape index (κ3) is 5.06. The van der Waals surface area contributed by atoms with Gasteiger partial charge in [0.1, 0.15) is 5.75 Å². The molecule has 1 saturated carbocycles. The van der Waals surface area contributed by atoms with Crippen molar-refractivity contribution in [3.05, 3.63) is 24.3 Å². The van der Waals surface area contributed by atoms with Crippen molar-refractivity contribution in [3.8, 4) is 5.75 Å². The molecule has 192 valence electrons. The van der Waals surface area contributed by atoms with E-state index in [1.54, 1.807) is 0 Å². The highest BCUT2D eigenvalue weighted by Crippen LogP contribution is 2.45. The molecule has 0 radical (unpaired) electrons. The average Bonchev–Trinajstić information content (AvgIpc) is 3.24. The molecule has 0 bridgehead atoms. The highest BCUT2D eigenvalue weighted by Gasteiger charge is 2.56. The van der Waals surface area contributed by atoms with Gasteiger partial charge in [-0.1, -0.05) is 12.1 Å². The number of ether oxygens (including phenoxy) is 3. The fraction of sp³-hybridized carbons (Fsp3) is 0.704. The molecule has 8 nitrogen and oxygen atoms in total. The summed E-state index contributed by atoms with van der Waals surface area (Å²) < 4.78 is 18.0. The number of anilines is 1. The summed E-state index contributed by atoms with van der Waals surface area (Å²) in [5.41, 5.74) is 1.15. The molecule has 4 aliphatic rings. The van der Waals surface area contributed by atoms with E-state index in [0.29, 0.717) is 19.4 Å². The molecule has 0 aromatic heterocycles. The second-order valence-electron chi connectivity index (χ2n) is 11.0. The zero-order chi connectivity index (χ0) is 24.7. The lowest BCUT2D eigenvalue weighted by Gasteiger charge is -2.37. The topological polar surface area (TPSA) is 71.6 Å². The monoisotopic (exact) mass is 485 g/mol. The Bertz CT molecular complexity index is 908. The summed E-state index contributed by atoms with van der Waals surface area (Å²) in [6.07, 6.45) is 1.94. The Hall–Kier alpha value is -2.16. The average molecular weight is 486 g/mol. The Kier molecular flexibility index (Phi) is 6.81. The van der Waals surface area contributed by atoms with Crippen molar-refractivity contribution < 1.29 is 23.8 Å². The molecular formula is C27H39N3O5. The van der Waals surface area contributed by atoms with Crippen molar-refractivity contribution in [1.82, 2.24) is 9.80 Å². The van der Waals surface area contributed by atoms with Crippen LogP contribution in [0.25, 0.3) is 0 Å². The van der Waals surface area contributed by atoms with E-state index < -0.39 is 5.79 Å². The molecule has 4 fully saturated rings. The first kappa shape index (κ1) is 24.5. The number of rotatable bonds is 7. The highest BCUT2D eigenvalue weighted by molar-refractivity contribution is 6.05. The maximum Gasteiger partial charge on any atom is 0.233 e. The van der Waals surface area contributed by atoms with E-state index in [1.807, 2.05) is 39.8 Å². The predicted octanol–water partition coefficient (Wildman–Crippen LogP) is 2.90. The van der Waals surface area contributed by atoms with Crippen molar-refractivity contribution in [3.63, 3.8) is 0 Å². The lowest BCUT2D eigenvalue weighted by atomic mass is 9.78. The van der Waals surface area contributed by atoms with Crippen LogP contribution in [0.1, 0.15) is 47.0 Å². The van der Waals surface area contributed by atoms with Crippen LogP contribution in [0, 0.1) is 11.8 Å². The van der Waals surface area contributed by atoms with Gasteiger partial charge < -0.3 is 19.1 Å². The number of para-hydroxylation sites is 2. The Balaban J connectivity index is 1.09. The van der Waals surface area contributed by atoms with Gasteiger partial charge in [0.15, 0.2) is 5.79 Å². The molecule has 35 heavy (non-hydrogen) atoms. The third-order valence-corrected chi connectivity index (χ3v) is 7.71. The summed E-state index contributed by atoms with van der Waals surface area (Å²) in [5.74, 6) is -0.229. The summed E-state index contributed by atoms with van der Waals surface area (Å²) >= 11 is 0. The van der Waals surface area contributed by atoms with Crippen molar-refractivity contribution in [2.24, 2.45) is 11.8 Å². The maximum absolute atomic E-state index is 13.1. The summed E-state index contributed by atoms with van der Waals surface area (Å²) in [7, 11) is 0. The van der Waals surface area contributed by atoms with Gasteiger partial charge in [0, 0.05) is 32.7 Å². The molecule has 2 amide bonds. The van der Waals surface area contributed by atoms with E-state index in [9.17, 15) is 9.59 Å². The lowest BCUT2D eigenvalue weighted by Crippen LogP contribution is -2.47. The normalized spacial score (nSPS) is 30.7. The molecule has 0 N–H and O–H groups in total. The summed E-state index contributed by atoms with van der Waals surface area (Å²) in [4.78, 5) is 32.5. The third-order valence-electron chi connectivity index (χ3n) is 7.71. The Morgan fingerprint density at radius 1 is 0.943 bits per heavy atom. The van der Waals surface area contributed by atoms with Crippen molar-refractivity contribution in [2.75, 3.05) is 44.2 Å². The number of piperazine rings is 1. The van der Waals surface area contributed by atoms with E-state index in [2.05, 4.69) is 21.9 Å². The molecule has 1 aliphatic carbocycles. The van der Waals surface area contributed by atoms with Crippen LogP contribution in [0.4, 0.5) is 5.69 Å². The first-order chi connectivity index (χ1) is 16.7. The van der Waals surface area contributed by atoms with E-state index in [1.165, 1.54) is 4.90 Å². The number of hydrogen-bond acceptors (Lipinski definition) is 7. The molecule has 3 saturated heterocycles. The van der Waals surface area contributed by atoms with Gasteiger partial charge in [-0.2, -0.15) is 0 Å². The quantitative estimate of drug-likeness (QED) is 0.550. The lowest BCUT2D eigenvalue weighted by molar-refractivity contribution is -0.149. The smallest absolute Gasteiger partial charge is 0.233 e. The number of likely N-dealkylation sites (tertiary alicyclic amines) is 1. The van der Waals surface area contributed by atoms with Gasteiger partial charge in [-0.25, -0.2) is 0 Å². The maximum atomic E-state index is 13.1. The SMILES string of the molecule is CC(C)Oc1ccccc1N1CCN(CCCN2C(=O)C3CC4OC(C)(C)OC4CC3C2=O)CC1. The number of imide groups is 1. The van der Waals surface area contributed by atoms with Crippen molar-refractivity contribution in [2.45, 2.75) is 71.1 Å². The van der Waals surface area contributed by atoms with Gasteiger partial charge in [-0.15, -0.1) is 0 Å². The van der Waals surface area contributed by atoms with Crippen molar-refractivity contribution in [1.29, 1.82) is 0 Å². The van der Waals surface area contributed by atoms with Gasteiger partial charge in [0.05, 0.1) is 35.8 Å². The Morgan fingerprint density at radius 2 is 1.54 bits per heavy atom. The summed E-state index contributed by atoms with van der Waals surface area (Å²) in [6, 6.07) is 8.24. The minimum Gasteiger partial charge on any atom is -0.489 e. The van der Waals surface area contributed by atoms with E-state index >= 15 is 0 Å². The van der Waals surface area contributed by atoms with Crippen molar-refractivity contribution >= 4 is 17.5 Å². The molecule has 3 heterocycles. The predicted molar refractivity (Wildman–Crippen MR) is 132 cm³/mol. The molecule has 4 unspecified atom stereocenters. The number of amides is 2. The van der Waals surface area contributed by atoms with E-state index in [4.69, 9.17) is 14.2 Å². The van der Waals surface area contributed by atoms with E-state index in [0.717, 1.165) is 50.6 Å². The molecule has 5 rings (SSSR count). The minimum atomic E-state index is -0.632. The first-order valence-electron chi connectivity index (χ1n) is 13.2. The first-order valence-corrected chi connectivity index (χ1v) is 13.2. The number of hydrogen-bond donors (Lipinski definition) is 0. The van der Waals surface area contributed by atoms with Crippen LogP contribution in [-0.4, -0.2) is 85.0 Å². The number of carbonyl (C=O) groups excluding carboxylic acids is 2. The summed E-state index contributed by atoms with van der Waals surface area (Å²) in [6.45, 7) is 13.1. The molecule has 0 spiro atoms. The fourth-order valence-corrected chi connectivity index (χ4v) is 6.15. The van der Waals surface area contributed by atoms with Crippen LogP contribution in [0.3, 0.4) is 0 Å². The summed E-state index contributed by atoms with van der Waals surface area (Å²) in [5, 5.41) is 0. The van der Waals surface area contributed by atoms with Crippen LogP contribution in [0.5, 0.6) is 5.75 Å². The molecule has 1 aromatic carbocycles. The van der Waals surface area contributed by atoms with Gasteiger partial charge in [0.25, 0.3) is 0 Å². The van der Waals surface area contributed by atoms with Crippen LogP contribution in [0.2, 0.25) is 0 Å². The van der Waals surface area contributed by atoms with Gasteiger partial charge in [-0.05, 0) is 65.6 Å². The van der Waals surface area contributed by atoms with Gasteiger partial charge >= 0.3 is 0 Å². The Labute approximate surface area is 208 Å². The second kappa shape index (κ2) is 9.71. The molecule has 4 atom stereocenters. The highest BCUT2D eigenvalue weighted by atomic mass is 16.7. The standard InChI is InChI=1S/C27H39N3O5/c1-18(2)33-22-9-6-5-8-21(22)29-14-12-28(13-15-29)10-7-11-30-25(31)19-16-23-24(17-20(19)26(30)32)35-27(3,4)34-23/h5-6,8-9,18-20,23-24H,7,10-17H2,1-4H3. The van der Waals surface area contributed by atoms with Gasteiger partial charge in [-0.3, -0.25) is 19.4 Å². The molecule has 3 aliphatic heterocycles. The van der Waals surface area contributed by atoms with Crippen LogP contribution in [-0.2, 0) is 19.1 Å². The largest absolute Gasteiger partial charge is 0.489 e. The van der Waals surface area contributed by atoms with Crippen LogP contribution in [0.15, 0.2) is 24.3 Å². The molecular weight excluding hydrogens is 446 g/mol. The van der Waals surface area contributed by atoms with E-state index in [-0.39, 0.29) is 42.0 Å². The van der Waals surface area contributed by atoms with Crippen LogP contribution < -0.4 is 9.64 Å². The number of fused-ring (bicyclic) bond motifs is 2. The number of nitrogens with zero attached hydrogens (tertiary/aromatic N) is 3. The minimum absolute atomic E-state index is 0.0154. The van der Waals surface area contributed by atoms with Gasteiger partial charge in [0.2, 0.25) is 11.8 Å². The fourth-order valence-electron chi connectivity index (χ4n) is 6.15. The van der Waals surface area contributed by atoms with Crippen LogP contribution >= 0.6 is 0 Å². The second-order valence-corrected chi connectivity index (χ2v) is 11.0. The Morgan fingerprint density at radius 3 is 2.14 bits per heavy atom. The molecule has 8 heteroatoms. The number of benzene rings is 1. The zero-order valence-electron chi connectivity index (χ0n) is 21.4. The number of carbonyl (C=O) groups is 2. The zero-order valence-corrected chi connectivity index (χ0v) is 21.4. The molecule has 1 aromatic rings.